The molecule has 0 saturated heterocycles. The molecule has 14 heavy (non-hydrogen) atoms. The molecule has 0 aliphatic heterocycles. The van der Waals surface area contributed by atoms with Crippen LogP contribution in [0.3, 0.4) is 0 Å². The van der Waals surface area contributed by atoms with Crippen LogP contribution in [-0.4, -0.2) is 19.6 Å². The maximum absolute atomic E-state index is 9.63. The molecule has 0 aromatic rings. The van der Waals surface area contributed by atoms with Crippen molar-refractivity contribution in [2.45, 2.75) is 13.8 Å². The molecule has 0 radical (unpaired) electrons. The van der Waals surface area contributed by atoms with Crippen molar-refractivity contribution in [2.75, 3.05) is 0 Å². The van der Waals surface area contributed by atoms with E-state index in [1.165, 1.54) is 0 Å². The van der Waals surface area contributed by atoms with Crippen molar-refractivity contribution < 1.29 is 33.0 Å². The molecule has 0 unspecified atom stereocenters. The summed E-state index contributed by atoms with van der Waals surface area (Å²) in [4.78, 5) is 31.0. The van der Waals surface area contributed by atoms with Crippen LogP contribution >= 0.6 is 15.6 Å². The Balaban J connectivity index is 0. The van der Waals surface area contributed by atoms with E-state index in [4.69, 9.17) is 19.6 Å². The number of rotatable bonds is 2. The summed E-state index contributed by atoms with van der Waals surface area (Å²) < 4.78 is 22.2. The molecule has 0 spiro atoms. The van der Waals surface area contributed by atoms with Gasteiger partial charge >= 0.3 is 15.6 Å². The summed E-state index contributed by atoms with van der Waals surface area (Å²) in [5.74, 6) is 0. The topological polar surface area (TPSA) is 124 Å². The summed E-state index contributed by atoms with van der Waals surface area (Å²) in [6, 6.07) is 0. The molecule has 0 aliphatic carbocycles. The average Bonchev–Trinajstić information content (AvgIpc) is 1.80. The van der Waals surface area contributed by atoms with Gasteiger partial charge in [0.2, 0.25) is 0 Å². The maximum atomic E-state index is 9.63. The lowest BCUT2D eigenvalue weighted by molar-refractivity contribution is 0.225. The summed E-state index contributed by atoms with van der Waals surface area (Å²) in [5.41, 5.74) is 3.84. The van der Waals surface area contributed by atoms with E-state index in [1.807, 2.05) is 13.8 Å². The van der Waals surface area contributed by atoms with Gasteiger partial charge in [-0.15, -0.1) is 5.73 Å². The van der Waals surface area contributed by atoms with Crippen LogP contribution in [0, 0.1) is 0 Å². The van der Waals surface area contributed by atoms with Gasteiger partial charge < -0.3 is 19.6 Å². The molecule has 7 nitrogen and oxygen atoms in total. The predicted octanol–water partition coefficient (Wildman–Crippen LogP) is 0.926. The van der Waals surface area contributed by atoms with Crippen molar-refractivity contribution in [3.63, 3.8) is 0 Å². The molecule has 0 aromatic heterocycles. The minimum Gasteiger partial charge on any atom is -0.302 e. The lowest BCUT2D eigenvalue weighted by Crippen LogP contribution is -1.84. The summed E-state index contributed by atoms with van der Waals surface area (Å²) in [7, 11) is -10.1. The third-order valence-corrected chi connectivity index (χ3v) is 2.27. The van der Waals surface area contributed by atoms with Gasteiger partial charge in [0.1, 0.15) is 0 Å². The molecule has 9 heteroatoms. The molecule has 0 bridgehead atoms. The summed E-state index contributed by atoms with van der Waals surface area (Å²) in [6.07, 6.45) is 0. The summed E-state index contributed by atoms with van der Waals surface area (Å²) in [5, 5.41) is 0. The molecular weight excluding hydrogens is 234 g/mol. The number of phosphoric acid groups is 2. The summed E-state index contributed by atoms with van der Waals surface area (Å²) in [6.45, 7) is 7.33. The van der Waals surface area contributed by atoms with Crippen molar-refractivity contribution in [1.29, 1.82) is 0 Å². The first-order chi connectivity index (χ1) is 5.98. The molecular formula is C5H12O7P2. The first-order valence-corrected chi connectivity index (χ1v) is 6.19. The third-order valence-electron chi connectivity index (χ3n) is 0.566. The van der Waals surface area contributed by atoms with Crippen LogP contribution in [0.4, 0.5) is 0 Å². The van der Waals surface area contributed by atoms with E-state index in [1.54, 1.807) is 0 Å². The van der Waals surface area contributed by atoms with E-state index in [2.05, 4.69) is 16.6 Å². The standard InChI is InChI=1S/C5H8.H4O7P2/c1-4-5(2)3;1-8(2,3)7-9(4,5)6/h1H2,2-3H3;(H2,1,2,3)(H2,4,5,6). The average molecular weight is 246 g/mol. The second-order valence-electron chi connectivity index (χ2n) is 2.24. The Bertz CT molecular complexity index is 280. The predicted molar refractivity (Wildman–Crippen MR) is 49.2 cm³/mol. The molecule has 0 rings (SSSR count). The van der Waals surface area contributed by atoms with E-state index < -0.39 is 15.6 Å². The highest BCUT2D eigenvalue weighted by Crippen LogP contribution is 2.53. The van der Waals surface area contributed by atoms with Crippen molar-refractivity contribution in [3.05, 3.63) is 17.9 Å². The van der Waals surface area contributed by atoms with Gasteiger partial charge in [-0.25, -0.2) is 9.13 Å². The largest absolute Gasteiger partial charge is 0.478 e. The number of allylic oxidation sites excluding steroid dienone is 1. The summed E-state index contributed by atoms with van der Waals surface area (Å²) >= 11 is 0. The fraction of sp³-hybridized carbons (Fsp3) is 0.400. The van der Waals surface area contributed by atoms with E-state index in [0.29, 0.717) is 0 Å². The van der Waals surface area contributed by atoms with Gasteiger partial charge in [-0.05, 0) is 19.4 Å². The van der Waals surface area contributed by atoms with Gasteiger partial charge in [0, 0.05) is 0 Å². The monoisotopic (exact) mass is 246 g/mol. The van der Waals surface area contributed by atoms with Gasteiger partial charge in [-0.3, -0.25) is 0 Å². The molecule has 0 saturated carbocycles. The highest BCUT2D eigenvalue weighted by molar-refractivity contribution is 7.60. The number of hydrogen-bond donors (Lipinski definition) is 4. The number of hydrogen-bond acceptors (Lipinski definition) is 3. The van der Waals surface area contributed by atoms with Crippen LogP contribution in [0.5, 0.6) is 0 Å². The van der Waals surface area contributed by atoms with Gasteiger partial charge in [-0.2, -0.15) is 4.31 Å². The normalized spacial score (nSPS) is 11.0. The molecule has 0 amide bonds. The Morgan fingerprint density at radius 3 is 1.36 bits per heavy atom. The van der Waals surface area contributed by atoms with Crippen LogP contribution in [0.15, 0.2) is 17.9 Å². The zero-order valence-electron chi connectivity index (χ0n) is 7.62. The van der Waals surface area contributed by atoms with E-state index in [0.717, 1.165) is 5.57 Å². The van der Waals surface area contributed by atoms with Crippen LogP contribution in [0.25, 0.3) is 0 Å². The van der Waals surface area contributed by atoms with Crippen LogP contribution in [0.2, 0.25) is 0 Å². The lowest BCUT2D eigenvalue weighted by Gasteiger charge is -2.03. The van der Waals surface area contributed by atoms with Gasteiger partial charge in [-0.1, -0.05) is 6.58 Å². The van der Waals surface area contributed by atoms with Gasteiger partial charge in [0.15, 0.2) is 0 Å². The maximum Gasteiger partial charge on any atom is 0.478 e. The quantitative estimate of drug-likeness (QED) is 0.421. The Morgan fingerprint density at radius 1 is 1.14 bits per heavy atom. The van der Waals surface area contributed by atoms with E-state index >= 15 is 0 Å². The molecule has 0 fully saturated rings. The molecule has 0 aliphatic rings. The third kappa shape index (κ3) is 22.6. The Kier molecular flexibility index (Phi) is 7.30. The second kappa shape index (κ2) is 6.30. The zero-order chi connectivity index (χ0) is 12.0. The van der Waals surface area contributed by atoms with Crippen LogP contribution < -0.4 is 0 Å². The minimum absolute atomic E-state index is 1.14. The highest BCUT2D eigenvalue weighted by atomic mass is 31.3. The molecule has 84 valence electrons. The van der Waals surface area contributed by atoms with E-state index in [9.17, 15) is 9.13 Å². The Labute approximate surface area is 81.2 Å². The first kappa shape index (κ1) is 16.2. The molecule has 0 heterocycles. The SMILES string of the molecule is C=C=C(C)C.O=P(O)(O)OP(=O)(O)O. The lowest BCUT2D eigenvalue weighted by atomic mass is 10.4. The van der Waals surface area contributed by atoms with Gasteiger partial charge in [0.05, 0.1) is 0 Å². The fourth-order valence-electron chi connectivity index (χ4n) is 0.139. The zero-order valence-corrected chi connectivity index (χ0v) is 9.40. The molecule has 0 aromatic carbocycles. The van der Waals surface area contributed by atoms with Crippen molar-refractivity contribution in [3.8, 4) is 0 Å². The smallest absolute Gasteiger partial charge is 0.302 e. The van der Waals surface area contributed by atoms with Gasteiger partial charge in [0.25, 0.3) is 0 Å². The Morgan fingerprint density at radius 2 is 1.36 bits per heavy atom. The van der Waals surface area contributed by atoms with Crippen LogP contribution in [-0.2, 0) is 13.4 Å². The second-order valence-corrected chi connectivity index (χ2v) is 4.86. The van der Waals surface area contributed by atoms with E-state index in [-0.39, 0.29) is 0 Å². The highest BCUT2D eigenvalue weighted by Gasteiger charge is 2.27. The Hall–Kier alpha value is -0.220. The minimum atomic E-state index is -5.05. The van der Waals surface area contributed by atoms with Crippen molar-refractivity contribution in [2.24, 2.45) is 0 Å². The fourth-order valence-corrected chi connectivity index (χ4v) is 1.25. The van der Waals surface area contributed by atoms with Crippen LogP contribution in [0.1, 0.15) is 13.8 Å². The molecule has 4 N–H and O–H groups in total. The first-order valence-electron chi connectivity index (χ1n) is 3.13. The van der Waals surface area contributed by atoms with Crippen molar-refractivity contribution >= 4 is 15.6 Å². The molecule has 0 atom stereocenters. The van der Waals surface area contributed by atoms with Crippen molar-refractivity contribution in [1.82, 2.24) is 0 Å².